The van der Waals surface area contributed by atoms with Crippen molar-refractivity contribution in [2.45, 2.75) is 18.9 Å². The summed E-state index contributed by atoms with van der Waals surface area (Å²) < 4.78 is 0. The highest BCUT2D eigenvalue weighted by molar-refractivity contribution is 5.74. The summed E-state index contributed by atoms with van der Waals surface area (Å²) in [7, 11) is 6.00. The Morgan fingerprint density at radius 2 is 1.64 bits per heavy atom. The molecule has 6 nitrogen and oxygen atoms in total. The molecule has 0 aromatic rings. The number of rotatable bonds is 4. The van der Waals surface area contributed by atoms with Gasteiger partial charge in [-0.15, -0.1) is 0 Å². The van der Waals surface area contributed by atoms with E-state index in [9.17, 15) is 9.59 Å². The van der Waals surface area contributed by atoms with Crippen LogP contribution in [0, 0.1) is 0 Å². The Bertz CT molecular complexity index is 179. The van der Waals surface area contributed by atoms with Crippen LogP contribution in [0.5, 0.6) is 0 Å². The fourth-order valence-corrected chi connectivity index (χ4v) is 0.402. The van der Waals surface area contributed by atoms with Crippen molar-refractivity contribution in [3.63, 3.8) is 0 Å². The van der Waals surface area contributed by atoms with Crippen LogP contribution in [-0.4, -0.2) is 54.2 Å². The lowest BCUT2D eigenvalue weighted by Gasteiger charge is -2.01. The Morgan fingerprint density at radius 1 is 1.29 bits per heavy atom. The highest BCUT2D eigenvalue weighted by Crippen LogP contribution is 1.93. The molecule has 14 heavy (non-hydrogen) atoms. The first kappa shape index (κ1) is 15.3. The van der Waals surface area contributed by atoms with E-state index >= 15 is 0 Å². The number of carboxylic acids is 2. The van der Waals surface area contributed by atoms with Crippen molar-refractivity contribution < 1.29 is 19.8 Å². The van der Waals surface area contributed by atoms with Gasteiger partial charge in [0, 0.05) is 6.42 Å². The van der Waals surface area contributed by atoms with Crippen molar-refractivity contribution >= 4 is 11.9 Å². The van der Waals surface area contributed by atoms with Crippen molar-refractivity contribution in [2.24, 2.45) is 5.73 Å². The van der Waals surface area contributed by atoms with E-state index in [1.54, 1.807) is 0 Å². The normalized spacial score (nSPS) is 11.5. The Kier molecular flexibility index (Phi) is 9.27. The van der Waals surface area contributed by atoms with Crippen molar-refractivity contribution in [3.05, 3.63) is 0 Å². The molecule has 0 saturated carbocycles. The third-order valence-corrected chi connectivity index (χ3v) is 0.986. The summed E-state index contributed by atoms with van der Waals surface area (Å²) >= 11 is 0. The Morgan fingerprint density at radius 3 is 1.86 bits per heavy atom. The van der Waals surface area contributed by atoms with Gasteiger partial charge in [0.15, 0.2) is 0 Å². The molecule has 0 spiro atoms. The number of nitrogens with two attached hydrogens (primary N) is 1. The largest absolute Gasteiger partial charge is 0.481 e. The third-order valence-electron chi connectivity index (χ3n) is 0.986. The average molecular weight is 206 g/mol. The van der Waals surface area contributed by atoms with Crippen LogP contribution in [0.1, 0.15) is 12.8 Å². The summed E-state index contributed by atoms with van der Waals surface area (Å²) in [6, 6.07) is -1.06. The molecule has 0 rings (SSSR count). The zero-order chi connectivity index (χ0) is 11.7. The summed E-state index contributed by atoms with van der Waals surface area (Å²) in [5.41, 5.74) is 5.00. The molecule has 0 amide bonds. The zero-order valence-corrected chi connectivity index (χ0v) is 8.73. The molecule has 0 aromatic heterocycles. The first-order chi connectivity index (χ1) is 6.27. The number of nitrogens with zero attached hydrogens (tertiary/aromatic N) is 1. The predicted octanol–water partition coefficient (Wildman–Crippen LogP) is -0.559. The van der Waals surface area contributed by atoms with Crippen LogP contribution in [0.15, 0.2) is 0 Å². The van der Waals surface area contributed by atoms with Gasteiger partial charge in [-0.05, 0) is 27.6 Å². The van der Waals surface area contributed by atoms with E-state index in [0.717, 1.165) is 0 Å². The number of carbonyl (C=O) groups is 2. The van der Waals surface area contributed by atoms with Gasteiger partial charge < -0.3 is 20.8 Å². The molecule has 0 aliphatic heterocycles. The predicted molar refractivity (Wildman–Crippen MR) is 52.1 cm³/mol. The van der Waals surface area contributed by atoms with E-state index in [-0.39, 0.29) is 12.8 Å². The van der Waals surface area contributed by atoms with Gasteiger partial charge in [0.1, 0.15) is 6.04 Å². The molecule has 1 unspecified atom stereocenters. The molecular weight excluding hydrogens is 188 g/mol. The van der Waals surface area contributed by atoms with Gasteiger partial charge in [-0.2, -0.15) is 0 Å². The molecule has 6 heteroatoms. The van der Waals surface area contributed by atoms with Crippen molar-refractivity contribution in [1.29, 1.82) is 0 Å². The molecule has 4 N–H and O–H groups in total. The van der Waals surface area contributed by atoms with Crippen molar-refractivity contribution in [3.8, 4) is 0 Å². The second-order valence-electron chi connectivity index (χ2n) is 3.22. The minimum atomic E-state index is -1.17. The van der Waals surface area contributed by atoms with E-state index in [1.165, 1.54) is 0 Å². The van der Waals surface area contributed by atoms with Crippen LogP contribution in [0.4, 0.5) is 0 Å². The standard InChI is InChI=1S/C5H9NO4.C3H9N/c6-3(5(9)10)1-2-4(7)8;1-4(2)3/h3H,1-2,6H2,(H,7,8)(H,9,10);1-3H3. The van der Waals surface area contributed by atoms with Crippen molar-refractivity contribution in [2.75, 3.05) is 21.1 Å². The lowest BCUT2D eigenvalue weighted by molar-refractivity contribution is -0.139. The van der Waals surface area contributed by atoms with Gasteiger partial charge in [0.25, 0.3) is 0 Å². The van der Waals surface area contributed by atoms with Crippen LogP contribution in [0.25, 0.3) is 0 Å². The number of aliphatic carboxylic acids is 2. The molecule has 0 aromatic carbocycles. The number of carboxylic acid groups (broad SMARTS) is 2. The minimum Gasteiger partial charge on any atom is -0.481 e. The summed E-state index contributed by atoms with van der Waals surface area (Å²) in [6.07, 6.45) is -0.224. The van der Waals surface area contributed by atoms with Crippen LogP contribution in [-0.2, 0) is 9.59 Å². The molecule has 0 aliphatic rings. The van der Waals surface area contributed by atoms with E-state index in [1.807, 2.05) is 26.0 Å². The maximum absolute atomic E-state index is 9.99. The van der Waals surface area contributed by atoms with Crippen LogP contribution >= 0.6 is 0 Å². The topological polar surface area (TPSA) is 104 Å². The molecule has 84 valence electrons. The van der Waals surface area contributed by atoms with E-state index < -0.39 is 18.0 Å². The van der Waals surface area contributed by atoms with Crippen LogP contribution in [0.2, 0.25) is 0 Å². The Labute approximate surface area is 83.3 Å². The Hall–Kier alpha value is -1.14. The third kappa shape index (κ3) is 17.1. The molecule has 0 saturated heterocycles. The van der Waals surface area contributed by atoms with E-state index in [2.05, 4.69) is 0 Å². The fourth-order valence-electron chi connectivity index (χ4n) is 0.402. The Balaban J connectivity index is 0. The smallest absolute Gasteiger partial charge is 0.320 e. The zero-order valence-electron chi connectivity index (χ0n) is 8.73. The number of hydrogen-bond acceptors (Lipinski definition) is 4. The minimum absolute atomic E-state index is 0.0231. The maximum Gasteiger partial charge on any atom is 0.320 e. The molecule has 0 heterocycles. The monoisotopic (exact) mass is 206 g/mol. The SMILES string of the molecule is CN(C)C.NC(CCC(=O)O)C(=O)O. The van der Waals surface area contributed by atoms with Crippen molar-refractivity contribution in [1.82, 2.24) is 4.90 Å². The highest BCUT2D eigenvalue weighted by atomic mass is 16.4. The summed E-state index contributed by atoms with van der Waals surface area (Å²) in [6.45, 7) is 0. The fraction of sp³-hybridized carbons (Fsp3) is 0.750. The van der Waals surface area contributed by atoms with Gasteiger partial charge in [-0.3, -0.25) is 9.59 Å². The first-order valence-electron chi connectivity index (χ1n) is 4.08. The molecule has 0 fully saturated rings. The van der Waals surface area contributed by atoms with Gasteiger partial charge in [0.2, 0.25) is 0 Å². The van der Waals surface area contributed by atoms with Gasteiger partial charge in [-0.25, -0.2) is 0 Å². The quantitative estimate of drug-likeness (QED) is 0.569. The van der Waals surface area contributed by atoms with Gasteiger partial charge >= 0.3 is 11.9 Å². The lowest BCUT2D eigenvalue weighted by atomic mass is 10.2. The summed E-state index contributed by atoms with van der Waals surface area (Å²) in [5, 5.41) is 16.3. The van der Waals surface area contributed by atoms with Crippen LogP contribution in [0.3, 0.4) is 0 Å². The second-order valence-corrected chi connectivity index (χ2v) is 3.22. The summed E-state index contributed by atoms with van der Waals surface area (Å²) in [5.74, 6) is -2.20. The van der Waals surface area contributed by atoms with Gasteiger partial charge in [-0.1, -0.05) is 0 Å². The lowest BCUT2D eigenvalue weighted by Crippen LogP contribution is -2.30. The molecule has 0 radical (unpaired) electrons. The molecule has 0 bridgehead atoms. The van der Waals surface area contributed by atoms with Gasteiger partial charge in [0.05, 0.1) is 0 Å². The van der Waals surface area contributed by atoms with E-state index in [0.29, 0.717) is 0 Å². The van der Waals surface area contributed by atoms with Crippen LogP contribution < -0.4 is 5.73 Å². The highest BCUT2D eigenvalue weighted by Gasteiger charge is 2.12. The molecule has 0 aliphatic carbocycles. The maximum atomic E-state index is 9.99. The molecule has 1 atom stereocenters. The van der Waals surface area contributed by atoms with E-state index in [4.69, 9.17) is 15.9 Å². The number of hydrogen-bond donors (Lipinski definition) is 3. The average Bonchev–Trinajstić information content (AvgIpc) is 1.98. The summed E-state index contributed by atoms with van der Waals surface area (Å²) in [4.78, 5) is 21.9. The second kappa shape index (κ2) is 8.46. The molecular formula is C8H18N2O4. The first-order valence-corrected chi connectivity index (χ1v) is 4.08.